The molecule has 1 saturated carbocycles. The van der Waals surface area contributed by atoms with Crippen molar-refractivity contribution in [2.75, 3.05) is 6.54 Å². The van der Waals surface area contributed by atoms with Crippen molar-refractivity contribution in [3.63, 3.8) is 0 Å². The molecule has 1 aliphatic rings. The van der Waals surface area contributed by atoms with E-state index >= 15 is 0 Å². The van der Waals surface area contributed by atoms with Gasteiger partial charge in [-0.3, -0.25) is 9.59 Å². The summed E-state index contributed by atoms with van der Waals surface area (Å²) in [6.45, 7) is 4.34. The van der Waals surface area contributed by atoms with Gasteiger partial charge in [0.15, 0.2) is 0 Å². The van der Waals surface area contributed by atoms with Crippen LogP contribution in [0, 0.1) is 0 Å². The van der Waals surface area contributed by atoms with Gasteiger partial charge in [-0.2, -0.15) is 0 Å². The molecule has 1 amide bonds. The van der Waals surface area contributed by atoms with Crippen LogP contribution < -0.4 is 10.6 Å². The van der Waals surface area contributed by atoms with Crippen LogP contribution in [0.4, 0.5) is 0 Å². The molecule has 1 fully saturated rings. The quantitative estimate of drug-likeness (QED) is 0.641. The average molecular weight is 256 g/mol. The zero-order valence-corrected chi connectivity index (χ0v) is 11.3. The van der Waals surface area contributed by atoms with E-state index in [4.69, 9.17) is 5.11 Å². The molecule has 18 heavy (non-hydrogen) atoms. The second-order valence-electron chi connectivity index (χ2n) is 5.30. The largest absolute Gasteiger partial charge is 0.481 e. The highest BCUT2D eigenvalue weighted by Crippen LogP contribution is 2.32. The Labute approximate surface area is 108 Å². The van der Waals surface area contributed by atoms with E-state index in [0.717, 1.165) is 32.1 Å². The first-order valence-electron chi connectivity index (χ1n) is 6.73. The summed E-state index contributed by atoms with van der Waals surface area (Å²) in [6, 6.07) is 0.301. The van der Waals surface area contributed by atoms with Gasteiger partial charge in [0.05, 0.1) is 18.5 Å². The smallest absolute Gasteiger partial charge is 0.305 e. The monoisotopic (exact) mass is 256 g/mol. The predicted molar refractivity (Wildman–Crippen MR) is 69.4 cm³/mol. The number of rotatable bonds is 7. The Bertz CT molecular complexity index is 299. The first-order valence-corrected chi connectivity index (χ1v) is 6.73. The zero-order chi connectivity index (χ0) is 13.6. The van der Waals surface area contributed by atoms with Gasteiger partial charge < -0.3 is 15.7 Å². The van der Waals surface area contributed by atoms with E-state index in [1.54, 1.807) is 0 Å². The topological polar surface area (TPSA) is 78.4 Å². The lowest BCUT2D eigenvalue weighted by molar-refractivity contribution is -0.139. The number of carbonyl (C=O) groups is 2. The molecule has 3 N–H and O–H groups in total. The summed E-state index contributed by atoms with van der Waals surface area (Å²) in [7, 11) is 0. The number of carboxylic acid groups (broad SMARTS) is 1. The molecule has 1 aliphatic carbocycles. The lowest BCUT2D eigenvalue weighted by Gasteiger charge is -2.29. The third-order valence-corrected chi connectivity index (χ3v) is 3.68. The van der Waals surface area contributed by atoms with Crippen molar-refractivity contribution < 1.29 is 14.7 Å². The van der Waals surface area contributed by atoms with Gasteiger partial charge in [-0.25, -0.2) is 0 Å². The fourth-order valence-corrected chi connectivity index (χ4v) is 2.44. The second-order valence-corrected chi connectivity index (χ2v) is 5.30. The minimum absolute atomic E-state index is 0.0298. The van der Waals surface area contributed by atoms with Crippen molar-refractivity contribution in [1.82, 2.24) is 10.6 Å². The molecule has 0 bridgehead atoms. The van der Waals surface area contributed by atoms with E-state index in [9.17, 15) is 9.59 Å². The van der Waals surface area contributed by atoms with Crippen LogP contribution in [0.25, 0.3) is 0 Å². The summed E-state index contributed by atoms with van der Waals surface area (Å²) in [6.07, 6.45) is 4.52. The number of nitrogens with one attached hydrogen (secondary N) is 2. The molecule has 0 aromatic rings. The summed E-state index contributed by atoms with van der Waals surface area (Å²) in [5.41, 5.74) is -0.514. The van der Waals surface area contributed by atoms with Crippen molar-refractivity contribution in [3.8, 4) is 0 Å². The Morgan fingerprint density at radius 2 is 1.94 bits per heavy atom. The van der Waals surface area contributed by atoms with Crippen molar-refractivity contribution in [2.24, 2.45) is 0 Å². The van der Waals surface area contributed by atoms with E-state index in [1.807, 2.05) is 6.92 Å². The summed E-state index contributed by atoms with van der Waals surface area (Å²) in [4.78, 5) is 22.7. The SMILES string of the molecule is CCC(C)NCC(=O)NC1(CC(=O)O)CCCC1. The van der Waals surface area contributed by atoms with Crippen molar-refractivity contribution in [1.29, 1.82) is 0 Å². The molecule has 0 aliphatic heterocycles. The molecule has 0 radical (unpaired) electrons. The van der Waals surface area contributed by atoms with E-state index in [1.165, 1.54) is 0 Å². The highest BCUT2D eigenvalue weighted by atomic mass is 16.4. The Hall–Kier alpha value is -1.10. The minimum atomic E-state index is -0.841. The molecular formula is C13H24N2O3. The number of carbonyl (C=O) groups excluding carboxylic acids is 1. The van der Waals surface area contributed by atoms with Crippen LogP contribution in [0.5, 0.6) is 0 Å². The highest BCUT2D eigenvalue weighted by Gasteiger charge is 2.37. The van der Waals surface area contributed by atoms with Crippen LogP contribution >= 0.6 is 0 Å². The summed E-state index contributed by atoms with van der Waals surface area (Å²) < 4.78 is 0. The Balaban J connectivity index is 2.46. The lowest BCUT2D eigenvalue weighted by Crippen LogP contribution is -2.51. The number of carboxylic acids is 1. The van der Waals surface area contributed by atoms with E-state index in [2.05, 4.69) is 17.6 Å². The van der Waals surface area contributed by atoms with Gasteiger partial charge >= 0.3 is 5.97 Å². The van der Waals surface area contributed by atoms with Gasteiger partial charge in [0, 0.05) is 6.04 Å². The molecule has 1 rings (SSSR count). The van der Waals surface area contributed by atoms with Crippen LogP contribution in [0.3, 0.4) is 0 Å². The number of amides is 1. The molecule has 5 heteroatoms. The first kappa shape index (κ1) is 15.0. The Morgan fingerprint density at radius 1 is 1.33 bits per heavy atom. The molecule has 1 atom stereocenters. The molecular weight excluding hydrogens is 232 g/mol. The van der Waals surface area contributed by atoms with Crippen molar-refractivity contribution in [2.45, 2.75) is 64.0 Å². The van der Waals surface area contributed by atoms with Crippen LogP contribution in [0.2, 0.25) is 0 Å². The van der Waals surface area contributed by atoms with Crippen molar-refractivity contribution in [3.05, 3.63) is 0 Å². The van der Waals surface area contributed by atoms with Gasteiger partial charge in [0.1, 0.15) is 0 Å². The zero-order valence-electron chi connectivity index (χ0n) is 11.3. The maximum Gasteiger partial charge on any atom is 0.305 e. The first-order chi connectivity index (χ1) is 8.47. The predicted octanol–water partition coefficient (Wildman–Crippen LogP) is 1.28. The van der Waals surface area contributed by atoms with Crippen LogP contribution in [0.15, 0.2) is 0 Å². The molecule has 1 unspecified atom stereocenters. The molecule has 0 aromatic carbocycles. The fourth-order valence-electron chi connectivity index (χ4n) is 2.44. The van der Waals surface area contributed by atoms with Crippen LogP contribution in [-0.4, -0.2) is 35.1 Å². The van der Waals surface area contributed by atoms with Gasteiger partial charge in [0.25, 0.3) is 0 Å². The molecule has 0 aromatic heterocycles. The number of hydrogen-bond donors (Lipinski definition) is 3. The molecule has 0 spiro atoms. The van der Waals surface area contributed by atoms with E-state index in [-0.39, 0.29) is 18.9 Å². The number of hydrogen-bond acceptors (Lipinski definition) is 3. The normalized spacial score (nSPS) is 19.4. The summed E-state index contributed by atoms with van der Waals surface area (Å²) in [5, 5.41) is 15.0. The minimum Gasteiger partial charge on any atom is -0.481 e. The van der Waals surface area contributed by atoms with Crippen LogP contribution in [0.1, 0.15) is 52.4 Å². The fraction of sp³-hybridized carbons (Fsp3) is 0.846. The van der Waals surface area contributed by atoms with Crippen LogP contribution in [-0.2, 0) is 9.59 Å². The van der Waals surface area contributed by atoms with Gasteiger partial charge in [-0.05, 0) is 26.2 Å². The third-order valence-electron chi connectivity index (χ3n) is 3.68. The Kier molecular flexibility index (Phi) is 5.59. The maximum absolute atomic E-state index is 11.8. The van der Waals surface area contributed by atoms with Gasteiger partial charge in [-0.15, -0.1) is 0 Å². The molecule has 5 nitrogen and oxygen atoms in total. The number of aliphatic carboxylic acids is 1. The highest BCUT2D eigenvalue weighted by molar-refractivity contribution is 5.80. The lowest BCUT2D eigenvalue weighted by atomic mass is 9.93. The molecule has 0 heterocycles. The van der Waals surface area contributed by atoms with Crippen molar-refractivity contribution >= 4 is 11.9 Å². The standard InChI is InChI=1S/C13H24N2O3/c1-3-10(2)14-9-11(16)15-13(8-12(17)18)6-4-5-7-13/h10,14H,3-9H2,1-2H3,(H,15,16)(H,17,18). The third kappa shape index (κ3) is 4.64. The van der Waals surface area contributed by atoms with E-state index < -0.39 is 11.5 Å². The van der Waals surface area contributed by atoms with E-state index in [0.29, 0.717) is 6.04 Å². The maximum atomic E-state index is 11.8. The molecule has 104 valence electrons. The van der Waals surface area contributed by atoms with Gasteiger partial charge in [0.2, 0.25) is 5.91 Å². The second kappa shape index (κ2) is 6.73. The Morgan fingerprint density at radius 3 is 2.44 bits per heavy atom. The average Bonchev–Trinajstić information content (AvgIpc) is 2.73. The van der Waals surface area contributed by atoms with Gasteiger partial charge in [-0.1, -0.05) is 19.8 Å². The summed E-state index contributed by atoms with van der Waals surface area (Å²) >= 11 is 0. The summed E-state index contributed by atoms with van der Waals surface area (Å²) in [5.74, 6) is -0.939. The molecule has 0 saturated heterocycles.